The highest BCUT2D eigenvalue weighted by Gasteiger charge is 2.50. The summed E-state index contributed by atoms with van der Waals surface area (Å²) in [5.74, 6) is 0.941. The van der Waals surface area contributed by atoms with Gasteiger partial charge in [0, 0.05) is 11.7 Å². The van der Waals surface area contributed by atoms with E-state index in [0.29, 0.717) is 34.6 Å². The standard InChI is InChI=1S/C17H18FN3O2S/c18-13-7-2-1-6-12(13)15-19-16(21-20-15)24-10-17-8-4-3-5-11(17)9-14(22)23-17/h1-2,6-7,11H,3-5,8-10H2,(H,19,20,21)/t11-,17+/m0/s1. The van der Waals surface area contributed by atoms with Crippen LogP contribution in [0.25, 0.3) is 11.4 Å². The molecule has 0 amide bonds. The molecular formula is C17H18FN3O2S. The summed E-state index contributed by atoms with van der Waals surface area (Å²) in [5.41, 5.74) is 0.0246. The summed E-state index contributed by atoms with van der Waals surface area (Å²) in [6.45, 7) is 0. The van der Waals surface area contributed by atoms with Crippen molar-refractivity contribution in [1.82, 2.24) is 15.2 Å². The first-order valence-corrected chi connectivity index (χ1v) is 9.17. The number of thioether (sulfide) groups is 1. The lowest BCUT2D eigenvalue weighted by atomic mass is 9.76. The number of hydrogen-bond acceptors (Lipinski definition) is 5. The highest BCUT2D eigenvalue weighted by molar-refractivity contribution is 7.99. The lowest BCUT2D eigenvalue weighted by Crippen LogP contribution is -2.40. The molecule has 0 bridgehead atoms. The van der Waals surface area contributed by atoms with Crippen molar-refractivity contribution < 1.29 is 13.9 Å². The van der Waals surface area contributed by atoms with E-state index < -0.39 is 0 Å². The smallest absolute Gasteiger partial charge is 0.306 e. The van der Waals surface area contributed by atoms with Crippen LogP contribution in [0.5, 0.6) is 0 Å². The van der Waals surface area contributed by atoms with Gasteiger partial charge >= 0.3 is 5.97 Å². The Hall–Kier alpha value is -1.89. The molecule has 2 aromatic rings. The number of aromatic amines is 1. The normalized spacial score (nSPS) is 26.2. The quantitative estimate of drug-likeness (QED) is 0.676. The number of benzene rings is 1. The minimum Gasteiger partial charge on any atom is -0.458 e. The Bertz CT molecular complexity index is 766. The number of nitrogens with one attached hydrogen (secondary N) is 1. The largest absolute Gasteiger partial charge is 0.458 e. The summed E-state index contributed by atoms with van der Waals surface area (Å²) in [6.07, 6.45) is 4.71. The number of carbonyl (C=O) groups is 1. The number of nitrogens with zero attached hydrogens (tertiary/aromatic N) is 2. The Kier molecular flexibility index (Phi) is 4.04. The Morgan fingerprint density at radius 1 is 1.38 bits per heavy atom. The van der Waals surface area contributed by atoms with Crippen molar-refractivity contribution in [2.75, 3.05) is 5.75 Å². The van der Waals surface area contributed by atoms with E-state index in [1.54, 1.807) is 18.2 Å². The van der Waals surface area contributed by atoms with E-state index in [1.165, 1.54) is 17.8 Å². The van der Waals surface area contributed by atoms with Crippen LogP contribution in [-0.2, 0) is 9.53 Å². The molecule has 0 radical (unpaired) electrons. The zero-order valence-corrected chi connectivity index (χ0v) is 13.9. The number of fused-ring (bicyclic) bond motifs is 1. The minimum absolute atomic E-state index is 0.0930. The Morgan fingerprint density at radius 2 is 2.25 bits per heavy atom. The second-order valence-corrected chi connectivity index (χ2v) is 7.36. The maximum atomic E-state index is 13.8. The summed E-state index contributed by atoms with van der Waals surface area (Å²) in [7, 11) is 0. The van der Waals surface area contributed by atoms with Gasteiger partial charge in [-0.15, -0.1) is 5.10 Å². The van der Waals surface area contributed by atoms with Crippen LogP contribution >= 0.6 is 11.8 Å². The van der Waals surface area contributed by atoms with Crippen LogP contribution in [0.1, 0.15) is 32.1 Å². The highest BCUT2D eigenvalue weighted by Crippen LogP contribution is 2.46. The van der Waals surface area contributed by atoms with Gasteiger partial charge in [-0.1, -0.05) is 30.3 Å². The molecule has 5 nitrogen and oxygen atoms in total. The molecule has 1 aromatic carbocycles. The number of hydrogen-bond donors (Lipinski definition) is 1. The zero-order chi connectivity index (χ0) is 16.6. The Labute approximate surface area is 143 Å². The lowest BCUT2D eigenvalue weighted by molar-refractivity contribution is -0.148. The number of carbonyl (C=O) groups excluding carboxylic acids is 1. The molecule has 2 heterocycles. The molecule has 1 aliphatic carbocycles. The minimum atomic E-state index is -0.376. The fraction of sp³-hybridized carbons (Fsp3) is 0.471. The summed E-state index contributed by atoms with van der Waals surface area (Å²) in [6, 6.07) is 6.46. The molecule has 1 N–H and O–H groups in total. The molecular weight excluding hydrogens is 329 g/mol. The van der Waals surface area contributed by atoms with E-state index in [0.717, 1.165) is 25.7 Å². The number of halogens is 1. The number of ether oxygens (including phenoxy) is 1. The van der Waals surface area contributed by atoms with Crippen molar-refractivity contribution >= 4 is 17.7 Å². The van der Waals surface area contributed by atoms with Crippen LogP contribution in [0.2, 0.25) is 0 Å². The van der Waals surface area contributed by atoms with E-state index in [4.69, 9.17) is 4.74 Å². The molecule has 1 saturated carbocycles. The van der Waals surface area contributed by atoms with Gasteiger partial charge < -0.3 is 4.74 Å². The predicted octanol–water partition coefficient (Wildman–Crippen LogP) is 3.58. The van der Waals surface area contributed by atoms with Crippen LogP contribution in [-0.4, -0.2) is 32.5 Å². The van der Waals surface area contributed by atoms with Gasteiger partial charge in [-0.05, 0) is 31.4 Å². The number of aromatic nitrogens is 3. The molecule has 1 saturated heterocycles. The predicted molar refractivity (Wildman–Crippen MR) is 87.9 cm³/mol. The maximum Gasteiger partial charge on any atom is 0.306 e. The zero-order valence-electron chi connectivity index (χ0n) is 13.1. The van der Waals surface area contributed by atoms with Gasteiger partial charge in [-0.25, -0.2) is 9.37 Å². The highest BCUT2D eigenvalue weighted by atomic mass is 32.2. The fourth-order valence-corrected chi connectivity index (χ4v) is 4.74. The molecule has 0 spiro atoms. The van der Waals surface area contributed by atoms with Gasteiger partial charge in [0.2, 0.25) is 5.16 Å². The topological polar surface area (TPSA) is 67.9 Å². The summed E-state index contributed by atoms with van der Waals surface area (Å²) < 4.78 is 19.5. The molecule has 1 aliphatic heterocycles. The van der Waals surface area contributed by atoms with E-state index in [2.05, 4.69) is 15.2 Å². The van der Waals surface area contributed by atoms with Crippen molar-refractivity contribution in [3.05, 3.63) is 30.1 Å². The van der Waals surface area contributed by atoms with Crippen molar-refractivity contribution in [1.29, 1.82) is 0 Å². The number of esters is 1. The fourth-order valence-electron chi connectivity index (χ4n) is 3.66. The van der Waals surface area contributed by atoms with Crippen LogP contribution in [0.15, 0.2) is 29.4 Å². The Morgan fingerprint density at radius 3 is 3.12 bits per heavy atom. The molecule has 126 valence electrons. The van der Waals surface area contributed by atoms with E-state index >= 15 is 0 Å². The third-order valence-corrected chi connectivity index (χ3v) is 5.99. The Balaban J connectivity index is 1.49. The average molecular weight is 347 g/mol. The monoisotopic (exact) mass is 347 g/mol. The van der Waals surface area contributed by atoms with Gasteiger partial charge in [-0.2, -0.15) is 0 Å². The van der Waals surface area contributed by atoms with Gasteiger partial charge in [-0.3, -0.25) is 9.89 Å². The second kappa shape index (κ2) is 6.20. The van der Waals surface area contributed by atoms with Gasteiger partial charge in [0.1, 0.15) is 11.4 Å². The molecule has 2 fully saturated rings. The van der Waals surface area contributed by atoms with Crippen molar-refractivity contribution in [3.8, 4) is 11.4 Å². The van der Waals surface area contributed by atoms with Crippen molar-refractivity contribution in [3.63, 3.8) is 0 Å². The molecule has 2 aliphatic rings. The third-order valence-electron chi connectivity index (χ3n) is 4.92. The molecule has 2 atom stereocenters. The first-order valence-electron chi connectivity index (χ1n) is 8.18. The van der Waals surface area contributed by atoms with E-state index in [9.17, 15) is 9.18 Å². The van der Waals surface area contributed by atoms with Crippen molar-refractivity contribution in [2.24, 2.45) is 5.92 Å². The van der Waals surface area contributed by atoms with E-state index in [1.807, 2.05) is 0 Å². The first kappa shape index (κ1) is 15.6. The summed E-state index contributed by atoms with van der Waals surface area (Å²) in [5, 5.41) is 7.51. The van der Waals surface area contributed by atoms with Gasteiger partial charge in [0.05, 0.1) is 12.0 Å². The maximum absolute atomic E-state index is 13.8. The van der Waals surface area contributed by atoms with Crippen LogP contribution < -0.4 is 0 Å². The van der Waals surface area contributed by atoms with E-state index in [-0.39, 0.29) is 17.4 Å². The SMILES string of the molecule is O=C1C[C@@H]2CCCC[C@]2(CSc2n[nH]c(-c3ccccc3F)n2)O1. The third kappa shape index (κ3) is 2.81. The summed E-state index contributed by atoms with van der Waals surface area (Å²) >= 11 is 1.46. The van der Waals surface area contributed by atoms with Crippen LogP contribution in [0, 0.1) is 11.7 Å². The lowest BCUT2D eigenvalue weighted by Gasteiger charge is -2.36. The second-order valence-electron chi connectivity index (χ2n) is 6.42. The molecule has 0 unspecified atom stereocenters. The molecule has 24 heavy (non-hydrogen) atoms. The molecule has 4 rings (SSSR count). The van der Waals surface area contributed by atoms with Gasteiger partial charge in [0.15, 0.2) is 5.82 Å². The summed E-state index contributed by atoms with van der Waals surface area (Å²) in [4.78, 5) is 16.1. The van der Waals surface area contributed by atoms with Crippen molar-refractivity contribution in [2.45, 2.75) is 42.9 Å². The number of H-pyrrole nitrogens is 1. The number of rotatable bonds is 4. The first-order chi connectivity index (χ1) is 11.7. The van der Waals surface area contributed by atoms with Gasteiger partial charge in [0.25, 0.3) is 0 Å². The molecule has 1 aromatic heterocycles. The van der Waals surface area contributed by atoms with Crippen LogP contribution in [0.3, 0.4) is 0 Å². The average Bonchev–Trinajstić information content (AvgIpc) is 3.17. The van der Waals surface area contributed by atoms with Crippen LogP contribution in [0.4, 0.5) is 4.39 Å². The molecule has 7 heteroatoms.